The summed E-state index contributed by atoms with van der Waals surface area (Å²) >= 11 is 0. The predicted octanol–water partition coefficient (Wildman–Crippen LogP) is 4.82. The predicted molar refractivity (Wildman–Crippen MR) is 93.2 cm³/mol. The summed E-state index contributed by atoms with van der Waals surface area (Å²) in [6.07, 6.45) is 11.3. The monoisotopic (exact) mass is 320 g/mol. The van der Waals surface area contributed by atoms with Gasteiger partial charge in [-0.15, -0.1) is 6.58 Å². The van der Waals surface area contributed by atoms with Gasteiger partial charge in [0, 0.05) is 5.92 Å². The van der Waals surface area contributed by atoms with E-state index < -0.39 is 0 Å². The molecule has 0 spiro atoms. The summed E-state index contributed by atoms with van der Waals surface area (Å²) in [5, 5.41) is 0. The van der Waals surface area contributed by atoms with Gasteiger partial charge in [0.1, 0.15) is 5.60 Å². The van der Waals surface area contributed by atoms with Gasteiger partial charge in [-0.1, -0.05) is 17.7 Å². The van der Waals surface area contributed by atoms with E-state index in [2.05, 4.69) is 33.4 Å². The molecule has 1 fully saturated rings. The first kappa shape index (κ1) is 18.3. The zero-order valence-electron chi connectivity index (χ0n) is 15.0. The Labute approximate surface area is 141 Å². The summed E-state index contributed by atoms with van der Waals surface area (Å²) < 4.78 is 11.6. The van der Waals surface area contributed by atoms with Crippen LogP contribution in [0.3, 0.4) is 0 Å². The molecule has 0 aromatic carbocycles. The molecule has 2 aliphatic rings. The third-order valence-electron chi connectivity index (χ3n) is 5.44. The zero-order chi connectivity index (χ0) is 16.9. The van der Waals surface area contributed by atoms with Gasteiger partial charge < -0.3 is 9.47 Å². The number of allylic oxidation sites excluding steroid dienone is 2. The summed E-state index contributed by atoms with van der Waals surface area (Å²) in [5.74, 6) is 0.463. The molecule has 0 N–H and O–H groups in total. The van der Waals surface area contributed by atoms with Crippen molar-refractivity contribution in [3.8, 4) is 0 Å². The average molecular weight is 320 g/mol. The first-order valence-electron chi connectivity index (χ1n) is 9.03. The summed E-state index contributed by atoms with van der Waals surface area (Å²) in [7, 11) is 0. The number of carbonyl (C=O) groups excluding carboxylic acids is 1. The molecule has 2 aliphatic carbocycles. The summed E-state index contributed by atoms with van der Waals surface area (Å²) in [4.78, 5) is 12.5. The van der Waals surface area contributed by atoms with Crippen molar-refractivity contribution in [3.63, 3.8) is 0 Å². The molecule has 0 amide bonds. The van der Waals surface area contributed by atoms with Crippen LogP contribution < -0.4 is 0 Å². The SMILES string of the molecule is C=CCOC1CCC(C(=O)OC(C)(C)C2CC=C(C)CC2)CC1. The Morgan fingerprint density at radius 2 is 2.00 bits per heavy atom. The van der Waals surface area contributed by atoms with Crippen LogP contribution in [-0.2, 0) is 14.3 Å². The number of hydrogen-bond donors (Lipinski definition) is 0. The van der Waals surface area contributed by atoms with Crippen LogP contribution in [0, 0.1) is 11.8 Å². The highest BCUT2D eigenvalue weighted by molar-refractivity contribution is 5.73. The molecule has 0 radical (unpaired) electrons. The van der Waals surface area contributed by atoms with Crippen molar-refractivity contribution in [2.75, 3.05) is 6.61 Å². The summed E-state index contributed by atoms with van der Waals surface area (Å²) in [6.45, 7) is 10.6. The molecule has 0 aromatic heterocycles. The van der Waals surface area contributed by atoms with Gasteiger partial charge in [-0.2, -0.15) is 0 Å². The number of carbonyl (C=O) groups is 1. The normalized spacial score (nSPS) is 28.8. The molecule has 1 unspecified atom stereocenters. The van der Waals surface area contributed by atoms with Crippen LogP contribution in [0.15, 0.2) is 24.3 Å². The molecule has 0 saturated heterocycles. The molecule has 3 nitrogen and oxygen atoms in total. The van der Waals surface area contributed by atoms with Crippen LogP contribution in [0.4, 0.5) is 0 Å². The van der Waals surface area contributed by atoms with Crippen molar-refractivity contribution >= 4 is 5.97 Å². The van der Waals surface area contributed by atoms with Gasteiger partial charge in [-0.3, -0.25) is 4.79 Å². The van der Waals surface area contributed by atoms with E-state index in [1.807, 2.05) is 0 Å². The molecule has 0 aliphatic heterocycles. The van der Waals surface area contributed by atoms with Crippen molar-refractivity contribution in [3.05, 3.63) is 24.3 Å². The molecule has 23 heavy (non-hydrogen) atoms. The molecular formula is C20H32O3. The Morgan fingerprint density at radius 1 is 1.30 bits per heavy atom. The van der Waals surface area contributed by atoms with Crippen LogP contribution in [0.2, 0.25) is 0 Å². The Balaban J connectivity index is 1.81. The second-order valence-corrected chi connectivity index (χ2v) is 7.64. The summed E-state index contributed by atoms with van der Waals surface area (Å²) in [6, 6.07) is 0. The molecule has 3 heteroatoms. The molecule has 0 bridgehead atoms. The van der Waals surface area contributed by atoms with Gasteiger partial charge in [0.2, 0.25) is 0 Å². The van der Waals surface area contributed by atoms with E-state index in [-0.39, 0.29) is 23.6 Å². The largest absolute Gasteiger partial charge is 0.459 e. The van der Waals surface area contributed by atoms with Crippen LogP contribution in [0.5, 0.6) is 0 Å². The van der Waals surface area contributed by atoms with E-state index in [9.17, 15) is 4.79 Å². The third kappa shape index (κ3) is 5.20. The van der Waals surface area contributed by atoms with Crippen molar-refractivity contribution in [2.45, 2.75) is 77.4 Å². The number of hydrogen-bond acceptors (Lipinski definition) is 3. The molecule has 0 aromatic rings. The fourth-order valence-electron chi connectivity index (χ4n) is 3.69. The van der Waals surface area contributed by atoms with Crippen LogP contribution in [0.25, 0.3) is 0 Å². The van der Waals surface area contributed by atoms with Gasteiger partial charge >= 0.3 is 5.97 Å². The van der Waals surface area contributed by atoms with Crippen molar-refractivity contribution < 1.29 is 14.3 Å². The average Bonchev–Trinajstić information content (AvgIpc) is 2.53. The van der Waals surface area contributed by atoms with Gasteiger partial charge in [0.05, 0.1) is 18.6 Å². The molecule has 1 atom stereocenters. The molecule has 2 rings (SSSR count). The van der Waals surface area contributed by atoms with Gasteiger partial charge in [0.15, 0.2) is 0 Å². The van der Waals surface area contributed by atoms with Gasteiger partial charge in [-0.25, -0.2) is 0 Å². The lowest BCUT2D eigenvalue weighted by Gasteiger charge is -2.37. The maximum absolute atomic E-state index is 12.5. The summed E-state index contributed by atoms with van der Waals surface area (Å²) in [5.41, 5.74) is 1.09. The van der Waals surface area contributed by atoms with Crippen LogP contribution in [0.1, 0.15) is 65.7 Å². The number of rotatable bonds is 6. The second kappa shape index (κ2) is 8.14. The molecular weight excluding hydrogens is 288 g/mol. The van der Waals surface area contributed by atoms with Gasteiger partial charge in [-0.05, 0) is 65.7 Å². The quantitative estimate of drug-likeness (QED) is 0.520. The maximum Gasteiger partial charge on any atom is 0.309 e. The fraction of sp³-hybridized carbons (Fsp3) is 0.750. The third-order valence-corrected chi connectivity index (χ3v) is 5.44. The highest BCUT2D eigenvalue weighted by Crippen LogP contribution is 2.36. The minimum Gasteiger partial charge on any atom is -0.459 e. The standard InChI is InChI=1S/C20H32O3/c1-5-14-22-18-12-8-16(9-13-18)19(21)23-20(3,4)17-10-6-15(2)7-11-17/h5-6,16-18H,1,7-14H2,2-4H3. The van der Waals surface area contributed by atoms with Crippen molar-refractivity contribution in [1.29, 1.82) is 0 Å². The second-order valence-electron chi connectivity index (χ2n) is 7.64. The number of esters is 1. The lowest BCUT2D eigenvalue weighted by atomic mass is 9.79. The zero-order valence-corrected chi connectivity index (χ0v) is 15.0. The number of ether oxygens (including phenoxy) is 2. The smallest absolute Gasteiger partial charge is 0.309 e. The van der Waals surface area contributed by atoms with Crippen molar-refractivity contribution in [2.24, 2.45) is 11.8 Å². The Kier molecular flexibility index (Phi) is 6.46. The highest BCUT2D eigenvalue weighted by atomic mass is 16.6. The Hall–Kier alpha value is -1.09. The highest BCUT2D eigenvalue weighted by Gasteiger charge is 2.36. The minimum absolute atomic E-state index is 0.0107. The minimum atomic E-state index is -0.371. The van der Waals surface area contributed by atoms with Crippen LogP contribution >= 0.6 is 0 Å². The van der Waals surface area contributed by atoms with E-state index in [4.69, 9.17) is 9.47 Å². The van der Waals surface area contributed by atoms with E-state index >= 15 is 0 Å². The molecule has 1 saturated carbocycles. The van der Waals surface area contributed by atoms with Gasteiger partial charge in [0.25, 0.3) is 0 Å². The first-order valence-corrected chi connectivity index (χ1v) is 9.03. The maximum atomic E-state index is 12.5. The first-order chi connectivity index (χ1) is 10.9. The van der Waals surface area contributed by atoms with Crippen molar-refractivity contribution in [1.82, 2.24) is 0 Å². The Morgan fingerprint density at radius 3 is 2.57 bits per heavy atom. The lowest BCUT2D eigenvalue weighted by molar-refractivity contribution is -0.169. The topological polar surface area (TPSA) is 35.5 Å². The van der Waals surface area contributed by atoms with E-state index in [0.29, 0.717) is 12.5 Å². The van der Waals surface area contributed by atoms with E-state index in [0.717, 1.165) is 44.9 Å². The van der Waals surface area contributed by atoms with Crippen LogP contribution in [-0.4, -0.2) is 24.3 Å². The molecule has 0 heterocycles. The van der Waals surface area contributed by atoms with E-state index in [1.165, 1.54) is 5.57 Å². The van der Waals surface area contributed by atoms with E-state index in [1.54, 1.807) is 6.08 Å². The Bertz CT molecular complexity index is 442. The fourth-order valence-corrected chi connectivity index (χ4v) is 3.69. The molecule has 130 valence electrons. The lowest BCUT2D eigenvalue weighted by Crippen LogP contribution is -2.40.